The van der Waals surface area contributed by atoms with Crippen molar-refractivity contribution >= 4 is 29.6 Å². The quantitative estimate of drug-likeness (QED) is 0.506. The average Bonchev–Trinajstić information content (AvgIpc) is 3.19. The number of rotatable bonds is 7. The lowest BCUT2D eigenvalue weighted by atomic mass is 10.0. The van der Waals surface area contributed by atoms with E-state index in [4.69, 9.17) is 4.74 Å². The molecule has 0 aliphatic heterocycles. The van der Waals surface area contributed by atoms with Crippen LogP contribution in [-0.2, 0) is 14.3 Å². The Morgan fingerprint density at radius 3 is 2.20 bits per heavy atom. The van der Waals surface area contributed by atoms with Crippen LogP contribution in [0.25, 0.3) is 0 Å². The van der Waals surface area contributed by atoms with Crippen molar-refractivity contribution in [2.75, 3.05) is 5.32 Å². The molecule has 1 aromatic carbocycles. The van der Waals surface area contributed by atoms with Crippen molar-refractivity contribution in [3.8, 4) is 0 Å². The number of esters is 1. The second-order valence-corrected chi connectivity index (χ2v) is 7.71. The van der Waals surface area contributed by atoms with E-state index in [9.17, 15) is 19.2 Å². The number of ether oxygens (including phenoxy) is 1. The summed E-state index contributed by atoms with van der Waals surface area (Å²) < 4.78 is 5.18. The molecule has 0 radical (unpaired) electrons. The van der Waals surface area contributed by atoms with Crippen LogP contribution in [0.2, 0.25) is 0 Å². The lowest BCUT2D eigenvalue weighted by Crippen LogP contribution is -2.50. The number of hydrogen-bond acceptors (Lipinski definition) is 5. The molecule has 1 saturated carbocycles. The summed E-state index contributed by atoms with van der Waals surface area (Å²) in [5, 5.41) is 10.1. The van der Waals surface area contributed by atoms with Gasteiger partial charge in [0.2, 0.25) is 0 Å². The highest BCUT2D eigenvalue weighted by Gasteiger charge is 2.29. The number of anilines is 1. The fourth-order valence-electron chi connectivity index (χ4n) is 3.13. The van der Waals surface area contributed by atoms with Gasteiger partial charge in [0, 0.05) is 11.7 Å². The zero-order chi connectivity index (χ0) is 22.1. The lowest BCUT2D eigenvalue weighted by molar-refractivity contribution is -0.157. The first-order valence-corrected chi connectivity index (χ1v) is 10.2. The van der Waals surface area contributed by atoms with E-state index < -0.39 is 36.1 Å². The number of urea groups is 2. The van der Waals surface area contributed by atoms with Crippen molar-refractivity contribution in [2.45, 2.75) is 64.6 Å². The van der Waals surface area contributed by atoms with E-state index in [-0.39, 0.29) is 12.0 Å². The highest BCUT2D eigenvalue weighted by Crippen LogP contribution is 2.17. The molecule has 9 nitrogen and oxygen atoms in total. The Balaban J connectivity index is 1.84. The van der Waals surface area contributed by atoms with Gasteiger partial charge < -0.3 is 20.7 Å². The smallest absolute Gasteiger partial charge is 0.329 e. The van der Waals surface area contributed by atoms with Crippen molar-refractivity contribution in [2.24, 2.45) is 5.92 Å². The van der Waals surface area contributed by atoms with Gasteiger partial charge in [-0.05, 0) is 37.8 Å². The van der Waals surface area contributed by atoms with E-state index in [2.05, 4.69) is 21.3 Å². The van der Waals surface area contributed by atoms with Gasteiger partial charge in [0.1, 0.15) is 6.04 Å². The summed E-state index contributed by atoms with van der Waals surface area (Å²) in [5.41, 5.74) is 0.576. The number of amides is 5. The van der Waals surface area contributed by atoms with Crippen LogP contribution in [-0.4, -0.2) is 42.1 Å². The van der Waals surface area contributed by atoms with Gasteiger partial charge in [-0.15, -0.1) is 0 Å². The Labute approximate surface area is 176 Å². The molecule has 2 rings (SSSR count). The summed E-state index contributed by atoms with van der Waals surface area (Å²) in [4.78, 5) is 48.8. The molecule has 9 heteroatoms. The highest BCUT2D eigenvalue weighted by molar-refractivity contribution is 5.98. The van der Waals surface area contributed by atoms with Gasteiger partial charge >= 0.3 is 18.0 Å². The lowest BCUT2D eigenvalue weighted by Gasteiger charge is -2.23. The van der Waals surface area contributed by atoms with Crippen molar-refractivity contribution in [1.29, 1.82) is 0 Å². The Bertz CT molecular complexity index is 747. The molecule has 30 heavy (non-hydrogen) atoms. The summed E-state index contributed by atoms with van der Waals surface area (Å²) in [6.45, 7) is 4.86. The first-order valence-electron chi connectivity index (χ1n) is 10.2. The maximum Gasteiger partial charge on any atom is 0.329 e. The second kappa shape index (κ2) is 11.2. The molecule has 164 valence electrons. The number of benzene rings is 1. The van der Waals surface area contributed by atoms with Crippen LogP contribution in [0.1, 0.15) is 46.5 Å². The van der Waals surface area contributed by atoms with E-state index >= 15 is 0 Å². The Hall–Kier alpha value is -3.10. The van der Waals surface area contributed by atoms with Crippen molar-refractivity contribution < 1.29 is 23.9 Å². The van der Waals surface area contributed by atoms with Gasteiger partial charge in [-0.3, -0.25) is 10.1 Å². The van der Waals surface area contributed by atoms with E-state index in [0.29, 0.717) is 5.69 Å². The number of imide groups is 1. The minimum absolute atomic E-state index is 0.0632. The Morgan fingerprint density at radius 1 is 0.967 bits per heavy atom. The third kappa shape index (κ3) is 7.38. The van der Waals surface area contributed by atoms with E-state index in [1.165, 1.54) is 6.92 Å². The molecule has 0 unspecified atom stereocenters. The number of para-hydroxylation sites is 1. The van der Waals surface area contributed by atoms with Crippen molar-refractivity contribution in [3.63, 3.8) is 0 Å². The molecule has 1 aliphatic carbocycles. The van der Waals surface area contributed by atoms with Crippen LogP contribution in [0, 0.1) is 5.92 Å². The maximum absolute atomic E-state index is 12.5. The third-order valence-electron chi connectivity index (χ3n) is 4.83. The predicted octanol–water partition coefficient (Wildman–Crippen LogP) is 2.53. The van der Waals surface area contributed by atoms with E-state index in [1.54, 1.807) is 38.1 Å². The topological polar surface area (TPSA) is 126 Å². The van der Waals surface area contributed by atoms with Gasteiger partial charge in [0.15, 0.2) is 6.10 Å². The standard InChI is InChI=1S/C21H30N4O5/c1-13(2)17(24-20(28)22-15-9-5-4-6-10-15)19(27)30-14(3)18(26)25-21(29)23-16-11-7-8-12-16/h4-6,9-10,13-14,16-17H,7-8,11-12H2,1-3H3,(H2,22,24,28)(H2,23,25,26,29)/t14-,17-/m0/s1. The summed E-state index contributed by atoms with van der Waals surface area (Å²) in [7, 11) is 0. The molecule has 4 N–H and O–H groups in total. The predicted molar refractivity (Wildman–Crippen MR) is 112 cm³/mol. The second-order valence-electron chi connectivity index (χ2n) is 7.71. The molecule has 0 heterocycles. The highest BCUT2D eigenvalue weighted by atomic mass is 16.5. The van der Waals surface area contributed by atoms with Crippen LogP contribution in [0.5, 0.6) is 0 Å². The molecule has 0 spiro atoms. The minimum atomic E-state index is -1.19. The summed E-state index contributed by atoms with van der Waals surface area (Å²) in [6.07, 6.45) is 2.69. The zero-order valence-electron chi connectivity index (χ0n) is 17.6. The maximum atomic E-state index is 12.5. The van der Waals surface area contributed by atoms with E-state index in [0.717, 1.165) is 25.7 Å². The van der Waals surface area contributed by atoms with Gasteiger partial charge in [-0.25, -0.2) is 14.4 Å². The van der Waals surface area contributed by atoms with Crippen LogP contribution >= 0.6 is 0 Å². The van der Waals surface area contributed by atoms with Crippen molar-refractivity contribution in [1.82, 2.24) is 16.0 Å². The molecule has 1 aromatic rings. The first-order chi connectivity index (χ1) is 14.3. The van der Waals surface area contributed by atoms with Gasteiger partial charge in [0.05, 0.1) is 0 Å². The summed E-state index contributed by atoms with van der Waals surface area (Å²) in [6, 6.07) is 6.72. The fraction of sp³-hybridized carbons (Fsp3) is 0.524. The van der Waals surface area contributed by atoms with Gasteiger partial charge in [-0.2, -0.15) is 0 Å². The number of carbonyl (C=O) groups excluding carboxylic acids is 4. The monoisotopic (exact) mass is 418 g/mol. The van der Waals surface area contributed by atoms with Crippen LogP contribution in [0.3, 0.4) is 0 Å². The Kier molecular flexibility index (Phi) is 8.64. The van der Waals surface area contributed by atoms with Crippen molar-refractivity contribution in [3.05, 3.63) is 30.3 Å². The van der Waals surface area contributed by atoms with Crippen LogP contribution in [0.4, 0.5) is 15.3 Å². The van der Waals surface area contributed by atoms with E-state index in [1.807, 2.05) is 6.07 Å². The number of carbonyl (C=O) groups is 4. The first kappa shape index (κ1) is 23.2. The van der Waals surface area contributed by atoms with Gasteiger partial charge in [-0.1, -0.05) is 44.9 Å². The molecule has 0 bridgehead atoms. The minimum Gasteiger partial charge on any atom is -0.451 e. The molecule has 0 saturated heterocycles. The molecule has 5 amide bonds. The van der Waals surface area contributed by atoms with Gasteiger partial charge in [0.25, 0.3) is 5.91 Å². The zero-order valence-corrected chi connectivity index (χ0v) is 17.6. The normalized spacial score (nSPS) is 15.7. The largest absolute Gasteiger partial charge is 0.451 e. The average molecular weight is 418 g/mol. The summed E-state index contributed by atoms with van der Waals surface area (Å²) >= 11 is 0. The molecular weight excluding hydrogens is 388 g/mol. The molecule has 0 aromatic heterocycles. The molecule has 2 atom stereocenters. The third-order valence-corrected chi connectivity index (χ3v) is 4.83. The molecular formula is C21H30N4O5. The number of hydrogen-bond donors (Lipinski definition) is 4. The SMILES string of the molecule is CC(C)[C@H](NC(=O)Nc1ccccc1)C(=O)O[C@@H](C)C(=O)NC(=O)NC1CCCC1. The van der Waals surface area contributed by atoms with Crippen LogP contribution < -0.4 is 21.3 Å². The van der Waals surface area contributed by atoms with Crippen LogP contribution in [0.15, 0.2) is 30.3 Å². The fourth-order valence-corrected chi connectivity index (χ4v) is 3.13. The molecule has 1 aliphatic rings. The molecule has 1 fully saturated rings. The summed E-state index contributed by atoms with van der Waals surface area (Å²) in [5.74, 6) is -1.76. The number of nitrogens with one attached hydrogen (secondary N) is 4. The Morgan fingerprint density at radius 2 is 1.60 bits per heavy atom.